The van der Waals surface area contributed by atoms with Crippen LogP contribution in [0.15, 0.2) is 6.20 Å². The van der Waals surface area contributed by atoms with E-state index in [2.05, 4.69) is 15.5 Å². The number of hydrogen-bond acceptors (Lipinski definition) is 2. The Morgan fingerprint density at radius 1 is 1.69 bits per heavy atom. The molecule has 0 aliphatic heterocycles. The maximum Gasteiger partial charge on any atom is 0.102 e. The summed E-state index contributed by atoms with van der Waals surface area (Å²) in [5, 5.41) is 10.2. The molecule has 2 rings (SSSR count). The minimum Gasteiger partial charge on any atom is -0.307 e. The smallest absolute Gasteiger partial charge is 0.102 e. The molecule has 72 valence electrons. The normalized spacial score (nSPS) is 21.5. The molecule has 0 amide bonds. The first-order chi connectivity index (χ1) is 6.42. The molecule has 0 fully saturated rings. The molecule has 3 nitrogen and oxygen atoms in total. The zero-order valence-electron chi connectivity index (χ0n) is 7.52. The molecule has 2 N–H and O–H groups in total. The summed E-state index contributed by atoms with van der Waals surface area (Å²) in [6.45, 7) is 0.138. The van der Waals surface area contributed by atoms with Gasteiger partial charge in [-0.15, -0.1) is 0 Å². The molecule has 1 heterocycles. The highest BCUT2D eigenvalue weighted by Crippen LogP contribution is 2.27. The predicted octanol–water partition coefficient (Wildman–Crippen LogP) is 1.35. The molecule has 1 aliphatic carbocycles. The Labute approximate surface area is 76.7 Å². The summed E-state index contributed by atoms with van der Waals surface area (Å²) in [5.74, 6) is 0. The molecule has 1 aliphatic rings. The Hall–Kier alpha value is -0.900. The summed E-state index contributed by atoms with van der Waals surface area (Å²) < 4.78 is 12.0. The van der Waals surface area contributed by atoms with Crippen LogP contribution in [0.3, 0.4) is 0 Å². The summed E-state index contributed by atoms with van der Waals surface area (Å²) in [4.78, 5) is 0. The van der Waals surface area contributed by atoms with E-state index in [9.17, 15) is 4.39 Å². The van der Waals surface area contributed by atoms with Gasteiger partial charge in [0.25, 0.3) is 0 Å². The lowest BCUT2D eigenvalue weighted by molar-refractivity contribution is 0.406. The number of fused-ring (bicyclic) bond motifs is 1. The maximum atomic E-state index is 12.0. The third-order valence-corrected chi connectivity index (χ3v) is 2.53. The van der Waals surface area contributed by atoms with E-state index in [1.54, 1.807) is 0 Å². The van der Waals surface area contributed by atoms with Crippen molar-refractivity contribution in [3.63, 3.8) is 0 Å². The number of halogens is 1. The van der Waals surface area contributed by atoms with Crippen LogP contribution in [0.25, 0.3) is 0 Å². The van der Waals surface area contributed by atoms with Crippen LogP contribution in [0.5, 0.6) is 0 Å². The van der Waals surface area contributed by atoms with Crippen LogP contribution in [-0.4, -0.2) is 23.4 Å². The standard InChI is InChI=1S/C9H14FN3/c10-4-5-11-8-2-1-3-9-7(8)6-12-13-9/h6,8,11H,1-5H2,(H,12,13). The number of aromatic amines is 1. The lowest BCUT2D eigenvalue weighted by Gasteiger charge is -2.22. The number of nitrogens with one attached hydrogen (secondary N) is 2. The largest absolute Gasteiger partial charge is 0.307 e. The zero-order chi connectivity index (χ0) is 9.10. The molecular weight excluding hydrogens is 169 g/mol. The van der Waals surface area contributed by atoms with E-state index < -0.39 is 0 Å². The van der Waals surface area contributed by atoms with Crippen molar-refractivity contribution in [2.45, 2.75) is 25.3 Å². The van der Waals surface area contributed by atoms with E-state index in [1.165, 1.54) is 11.3 Å². The van der Waals surface area contributed by atoms with Gasteiger partial charge in [-0.3, -0.25) is 5.10 Å². The van der Waals surface area contributed by atoms with Gasteiger partial charge in [0.15, 0.2) is 0 Å². The summed E-state index contributed by atoms with van der Waals surface area (Å²) in [6.07, 6.45) is 5.17. The molecule has 0 spiro atoms. The number of nitrogens with zero attached hydrogens (tertiary/aromatic N) is 1. The van der Waals surface area contributed by atoms with Gasteiger partial charge in [0.05, 0.1) is 6.20 Å². The van der Waals surface area contributed by atoms with Gasteiger partial charge in [-0.2, -0.15) is 5.10 Å². The predicted molar refractivity (Wildman–Crippen MR) is 48.2 cm³/mol. The molecule has 0 aromatic carbocycles. The number of aryl methyl sites for hydroxylation is 1. The van der Waals surface area contributed by atoms with Gasteiger partial charge in [0.1, 0.15) is 6.67 Å². The molecule has 4 heteroatoms. The average Bonchev–Trinajstić information content (AvgIpc) is 2.62. The van der Waals surface area contributed by atoms with E-state index in [4.69, 9.17) is 0 Å². The molecule has 0 bridgehead atoms. The molecule has 13 heavy (non-hydrogen) atoms. The van der Waals surface area contributed by atoms with Crippen LogP contribution in [0.1, 0.15) is 30.1 Å². The summed E-state index contributed by atoms with van der Waals surface area (Å²) in [7, 11) is 0. The molecule has 1 aromatic heterocycles. The molecule has 0 saturated carbocycles. The number of hydrogen-bond donors (Lipinski definition) is 2. The third-order valence-electron chi connectivity index (χ3n) is 2.53. The zero-order valence-corrected chi connectivity index (χ0v) is 7.52. The Bertz CT molecular complexity index is 272. The van der Waals surface area contributed by atoms with Crippen LogP contribution < -0.4 is 5.32 Å². The van der Waals surface area contributed by atoms with E-state index >= 15 is 0 Å². The number of H-pyrrole nitrogens is 1. The van der Waals surface area contributed by atoms with Crippen molar-refractivity contribution in [1.82, 2.24) is 15.5 Å². The van der Waals surface area contributed by atoms with E-state index in [0.717, 1.165) is 19.3 Å². The Morgan fingerprint density at radius 3 is 3.46 bits per heavy atom. The average molecular weight is 183 g/mol. The van der Waals surface area contributed by atoms with Crippen molar-refractivity contribution in [2.24, 2.45) is 0 Å². The number of aromatic nitrogens is 2. The number of alkyl halides is 1. The highest BCUT2D eigenvalue weighted by atomic mass is 19.1. The molecule has 0 saturated heterocycles. The van der Waals surface area contributed by atoms with Gasteiger partial charge in [-0.05, 0) is 19.3 Å². The van der Waals surface area contributed by atoms with E-state index in [1.807, 2.05) is 6.20 Å². The van der Waals surface area contributed by atoms with Crippen LogP contribution >= 0.6 is 0 Å². The van der Waals surface area contributed by atoms with Crippen LogP contribution in [0.4, 0.5) is 4.39 Å². The van der Waals surface area contributed by atoms with Crippen molar-refractivity contribution in [2.75, 3.05) is 13.2 Å². The van der Waals surface area contributed by atoms with Gasteiger partial charge in [-0.1, -0.05) is 0 Å². The Kier molecular flexibility index (Phi) is 2.59. The fourth-order valence-electron chi connectivity index (χ4n) is 1.90. The first kappa shape index (κ1) is 8.69. The van der Waals surface area contributed by atoms with Crippen molar-refractivity contribution in [3.05, 3.63) is 17.5 Å². The first-order valence-electron chi connectivity index (χ1n) is 4.73. The van der Waals surface area contributed by atoms with E-state index in [-0.39, 0.29) is 6.67 Å². The van der Waals surface area contributed by atoms with Gasteiger partial charge in [0, 0.05) is 23.8 Å². The van der Waals surface area contributed by atoms with Gasteiger partial charge >= 0.3 is 0 Å². The van der Waals surface area contributed by atoms with Crippen molar-refractivity contribution >= 4 is 0 Å². The minimum atomic E-state index is -0.302. The summed E-state index contributed by atoms with van der Waals surface area (Å²) in [5.41, 5.74) is 2.43. The highest BCUT2D eigenvalue weighted by molar-refractivity contribution is 5.23. The van der Waals surface area contributed by atoms with Crippen molar-refractivity contribution in [1.29, 1.82) is 0 Å². The van der Waals surface area contributed by atoms with Gasteiger partial charge in [-0.25, -0.2) is 4.39 Å². The lowest BCUT2D eigenvalue weighted by Crippen LogP contribution is -2.26. The quantitative estimate of drug-likeness (QED) is 0.742. The fourth-order valence-corrected chi connectivity index (χ4v) is 1.90. The maximum absolute atomic E-state index is 12.0. The molecular formula is C9H14FN3. The Morgan fingerprint density at radius 2 is 2.62 bits per heavy atom. The SMILES string of the molecule is FCCNC1CCCc2[nH]ncc21. The van der Waals surface area contributed by atoms with Crippen LogP contribution in [-0.2, 0) is 6.42 Å². The molecule has 1 aromatic rings. The van der Waals surface area contributed by atoms with Crippen LogP contribution in [0, 0.1) is 0 Å². The first-order valence-corrected chi connectivity index (χ1v) is 4.73. The minimum absolute atomic E-state index is 0.302. The lowest BCUT2D eigenvalue weighted by atomic mass is 9.93. The summed E-state index contributed by atoms with van der Waals surface area (Å²) in [6, 6.07) is 0.304. The molecule has 1 atom stereocenters. The van der Waals surface area contributed by atoms with Crippen molar-refractivity contribution in [3.8, 4) is 0 Å². The number of rotatable bonds is 3. The van der Waals surface area contributed by atoms with E-state index in [0.29, 0.717) is 12.6 Å². The van der Waals surface area contributed by atoms with Crippen LogP contribution in [0.2, 0.25) is 0 Å². The Balaban J connectivity index is 2.07. The second-order valence-corrected chi connectivity index (χ2v) is 3.39. The second-order valence-electron chi connectivity index (χ2n) is 3.39. The summed E-state index contributed by atoms with van der Waals surface area (Å²) >= 11 is 0. The van der Waals surface area contributed by atoms with Crippen molar-refractivity contribution < 1.29 is 4.39 Å². The highest BCUT2D eigenvalue weighted by Gasteiger charge is 2.20. The molecule has 0 radical (unpaired) electrons. The van der Waals surface area contributed by atoms with Gasteiger partial charge < -0.3 is 5.32 Å². The third kappa shape index (κ3) is 1.72. The monoisotopic (exact) mass is 183 g/mol. The molecule has 1 unspecified atom stereocenters. The van der Waals surface area contributed by atoms with Gasteiger partial charge in [0.2, 0.25) is 0 Å². The topological polar surface area (TPSA) is 40.7 Å². The second kappa shape index (κ2) is 3.87. The fraction of sp³-hybridized carbons (Fsp3) is 0.667.